The van der Waals surface area contributed by atoms with E-state index in [1.54, 1.807) is 149 Å². The number of ketones is 10. The van der Waals surface area contributed by atoms with Gasteiger partial charge in [-0.3, -0.25) is 57.5 Å². The van der Waals surface area contributed by atoms with Crippen molar-refractivity contribution in [2.75, 3.05) is 47.1 Å². The van der Waals surface area contributed by atoms with Gasteiger partial charge >= 0.3 is 11.9 Å². The summed E-state index contributed by atoms with van der Waals surface area (Å²) in [6.07, 6.45) is 2.08. The van der Waals surface area contributed by atoms with Gasteiger partial charge in [0, 0.05) is 205 Å². The zero-order chi connectivity index (χ0) is 96.6. The van der Waals surface area contributed by atoms with Gasteiger partial charge in [-0.15, -0.1) is 106 Å². The number of carboxylic acids is 1. The van der Waals surface area contributed by atoms with Crippen LogP contribution in [0.25, 0.3) is 32.3 Å². The molecule has 0 aliphatic carbocycles. The summed E-state index contributed by atoms with van der Waals surface area (Å²) in [6.45, 7) is 5.71. The fourth-order valence-electron chi connectivity index (χ4n) is 16.1. The summed E-state index contributed by atoms with van der Waals surface area (Å²) in [4.78, 5) is 149. The molecule has 698 valence electrons. The number of benzene rings is 13. The summed E-state index contributed by atoms with van der Waals surface area (Å²) in [7, 11) is 0. The van der Waals surface area contributed by atoms with E-state index >= 15 is 0 Å². The number of rotatable bonds is 6. The lowest BCUT2D eigenvalue weighted by Gasteiger charge is -2.29. The Hall–Kier alpha value is -10.5. The average molecular weight is 2040 g/mol. The Balaban J connectivity index is 0.000000117. The number of carbonyl (C=O) groups is 12. The number of fused-ring (bicyclic) bond motifs is 15. The summed E-state index contributed by atoms with van der Waals surface area (Å²) < 4.78 is 15.4. The molecule has 10 aliphatic rings. The Morgan fingerprint density at radius 1 is 0.423 bits per heavy atom. The number of esters is 1. The van der Waals surface area contributed by atoms with Crippen molar-refractivity contribution in [3.05, 3.63) is 326 Å². The van der Waals surface area contributed by atoms with Crippen LogP contribution >= 0.6 is 129 Å². The van der Waals surface area contributed by atoms with Gasteiger partial charge < -0.3 is 29.5 Å². The summed E-state index contributed by atoms with van der Waals surface area (Å²) in [6, 6.07) is 80.2. The lowest BCUT2D eigenvalue weighted by Crippen LogP contribution is -2.32. The molecular weight excluding hydrogens is 1940 g/mol. The van der Waals surface area contributed by atoms with Crippen LogP contribution in [0.5, 0.6) is 11.5 Å². The van der Waals surface area contributed by atoms with Gasteiger partial charge in [0.15, 0.2) is 69.7 Å². The summed E-state index contributed by atoms with van der Waals surface area (Å²) in [5.41, 5.74) is 8.17. The van der Waals surface area contributed by atoms with Gasteiger partial charge in [0.05, 0.1) is 18.9 Å². The maximum absolute atomic E-state index is 12.5. The number of thioether (sulfide) groups is 9. The monoisotopic (exact) mass is 2030 g/mol. The Morgan fingerprint density at radius 2 is 0.920 bits per heavy atom. The minimum absolute atomic E-state index is 0.0118. The van der Waals surface area contributed by atoms with Crippen LogP contribution in [0, 0.1) is 5.92 Å². The Bertz CT molecular complexity index is 6880. The van der Waals surface area contributed by atoms with Crippen LogP contribution in [0.2, 0.25) is 10.0 Å². The van der Waals surface area contributed by atoms with Crippen LogP contribution in [0.4, 0.5) is 0 Å². The molecule has 0 spiro atoms. The SMILES string of the molecule is CC(=O)OC1CSc2ccccc2C1=O.CC1(C)CC(=O)c2cc(Cl)ccc2S1.O=C(O)CC1CC(=O)c2cc(Cl)ccc2S1.O=C(c1ccccc1)C1CSc2cc(CO)ccc2C1=O.O=C1CCSc2c1ccc1ccccc21.O=C1CCSc2cc3c(cc21)OCO3.O=C1CCSc2cc3ccccc3cc21.O=C1CCSc2ccc3ccccc3c21.O=C1c2ccccc2SCC1O. The molecule has 0 fully saturated rings. The van der Waals surface area contributed by atoms with E-state index in [0.717, 1.165) is 117 Å². The summed E-state index contributed by atoms with van der Waals surface area (Å²) >= 11 is 26.5. The van der Waals surface area contributed by atoms with Crippen molar-refractivity contribution in [2.24, 2.45) is 5.92 Å². The van der Waals surface area contributed by atoms with Gasteiger partial charge in [0.25, 0.3) is 0 Å². The lowest BCUT2D eigenvalue weighted by atomic mass is 9.90. The van der Waals surface area contributed by atoms with Gasteiger partial charge in [-0.1, -0.05) is 181 Å². The van der Waals surface area contributed by atoms with Crippen molar-refractivity contribution < 1.29 is 87.1 Å². The van der Waals surface area contributed by atoms with E-state index in [9.17, 15) is 62.6 Å². The van der Waals surface area contributed by atoms with Crippen molar-refractivity contribution in [1.29, 1.82) is 0 Å². The van der Waals surface area contributed by atoms with Gasteiger partial charge in [-0.2, -0.15) is 0 Å². The molecule has 23 rings (SSSR count). The first-order chi connectivity index (χ1) is 66.1. The molecule has 137 heavy (non-hydrogen) atoms. The van der Waals surface area contributed by atoms with E-state index in [-0.39, 0.29) is 88.3 Å². The van der Waals surface area contributed by atoms with Crippen molar-refractivity contribution in [3.63, 3.8) is 0 Å². The van der Waals surface area contributed by atoms with Crippen molar-refractivity contribution in [2.45, 2.75) is 139 Å². The van der Waals surface area contributed by atoms with Crippen LogP contribution in [0.1, 0.15) is 175 Å². The number of hydrogen-bond acceptors (Lipinski definition) is 26. The maximum Gasteiger partial charge on any atom is 0.304 e. The van der Waals surface area contributed by atoms with E-state index in [2.05, 4.69) is 62.4 Å². The average Bonchev–Trinajstić information content (AvgIpc) is 1.24. The van der Waals surface area contributed by atoms with Crippen LogP contribution in [-0.2, 0) is 20.9 Å². The Labute approximate surface area is 839 Å². The highest BCUT2D eigenvalue weighted by Gasteiger charge is 2.37. The number of ether oxygens (including phenoxy) is 3. The van der Waals surface area contributed by atoms with E-state index in [1.807, 2.05) is 127 Å². The van der Waals surface area contributed by atoms with Crippen LogP contribution in [0.15, 0.2) is 299 Å². The van der Waals surface area contributed by atoms with Gasteiger partial charge in [-0.25, -0.2) is 0 Å². The molecule has 0 amide bonds. The highest BCUT2D eigenvalue weighted by molar-refractivity contribution is 8.01. The Morgan fingerprint density at radius 3 is 1.58 bits per heavy atom. The molecule has 3 N–H and O–H groups in total. The normalized spacial score (nSPS) is 17.8. The molecule has 29 heteroatoms. The first kappa shape index (κ1) is 101. The second kappa shape index (κ2) is 47.0. The van der Waals surface area contributed by atoms with E-state index < -0.39 is 30.1 Å². The first-order valence-corrected chi connectivity index (χ1v) is 53.2. The standard InChI is InChI=1S/C17H14O3S.3C13H10OS.C11H9ClO3S.C11H11ClOS.C11H10O3S.C10H8O3S.C9H8O2S/c18-9-11-6-7-13-15(8-11)21-10-14(17(13)20)16(19)12-4-2-1-3-5-12;14-12-5-6-15-13-8-10-4-2-1-3-9(10)7-11(12)13;14-11-7-8-15-12-6-5-9-3-1-2-4-10(9)13(11)12;14-12-7-8-15-13-10-4-2-1-3-9(10)5-6-11(12)13;12-6-1-2-10-8(3-6)9(13)4-7(16-10)5-11(14)15;1-11(2)6-9(13)8-5-7(12)3-4-10(8)14-11;1-7(12)14-9-6-15-10-5-3-2-4-8(10)11(9)13;11-7-1-2-14-10-4-9-8(3-6(7)10)12-5-13-9;10-7-5-12-8-4-2-1-3-6(8)9(7)11/h1-8,14,18H,9-10H2;1-4,7-8H,5-6H2;2*1-6H,7-8H2;1-3,7H,4-5H2,(H,14,15);3-5H,6H2,1-2H3;2-5,9H,6H2,1H3;3-4H,1-2,5H2;1-4,7,10H,5H2. The molecule has 4 atom stereocenters. The topological polar surface area (TPSA) is 293 Å². The number of halogens is 2. The third-order valence-corrected chi connectivity index (χ3v) is 33.5. The van der Waals surface area contributed by atoms with E-state index in [0.29, 0.717) is 98.8 Å². The van der Waals surface area contributed by atoms with Crippen LogP contribution in [0.3, 0.4) is 0 Å². The molecule has 10 heterocycles. The molecule has 0 saturated carbocycles. The largest absolute Gasteiger partial charge is 0.481 e. The fourth-order valence-corrected chi connectivity index (χ4v) is 26.4. The van der Waals surface area contributed by atoms with Gasteiger partial charge in [0.2, 0.25) is 12.6 Å². The number of carboxylic acid groups (broad SMARTS) is 1. The zero-order valence-electron chi connectivity index (χ0n) is 74.3. The molecule has 10 aliphatic heterocycles. The number of aliphatic hydroxyl groups is 2. The van der Waals surface area contributed by atoms with E-state index in [4.69, 9.17) is 47.6 Å². The molecule has 4 unspecified atom stereocenters. The third-order valence-electron chi connectivity index (χ3n) is 22.8. The van der Waals surface area contributed by atoms with Crippen molar-refractivity contribution in [3.8, 4) is 11.5 Å². The molecule has 0 aromatic heterocycles. The predicted octanol–water partition coefficient (Wildman–Crippen LogP) is 25.5. The third kappa shape index (κ3) is 25.4. The Kier molecular flexibility index (Phi) is 34.6. The molecule has 18 nitrogen and oxygen atoms in total. The molecule has 13 aromatic carbocycles. The first-order valence-electron chi connectivity index (χ1n) is 43.9. The smallest absolute Gasteiger partial charge is 0.304 e. The quantitative estimate of drug-likeness (QED) is 0.0791. The highest BCUT2D eigenvalue weighted by atomic mass is 35.5. The fraction of sp³-hybridized carbons (Fsp3) is 0.222. The number of aliphatic carboxylic acids is 1. The molecule has 13 aromatic rings. The summed E-state index contributed by atoms with van der Waals surface area (Å²) in [5, 5.41) is 35.2. The van der Waals surface area contributed by atoms with E-state index in [1.165, 1.54) is 63.3 Å². The molecule has 0 radical (unpaired) electrons. The second-order valence-electron chi connectivity index (χ2n) is 32.9. The molecule has 0 saturated heterocycles. The number of aliphatic hydroxyl groups excluding tert-OH is 2. The zero-order valence-corrected chi connectivity index (χ0v) is 83.1. The number of hydrogen-bond donors (Lipinski definition) is 3. The number of carbonyl (C=O) groups excluding carboxylic acids is 11. The maximum atomic E-state index is 12.5. The molecule has 0 bridgehead atoms. The minimum atomic E-state index is -0.872. The highest BCUT2D eigenvalue weighted by Crippen LogP contribution is 2.47. The van der Waals surface area contributed by atoms with Gasteiger partial charge in [0.1, 0.15) is 6.10 Å². The predicted molar refractivity (Wildman–Crippen MR) is 552 cm³/mol. The summed E-state index contributed by atoms with van der Waals surface area (Å²) in [5.74, 6) is 5.37. The van der Waals surface area contributed by atoms with Crippen molar-refractivity contribution >= 4 is 231 Å². The van der Waals surface area contributed by atoms with Crippen molar-refractivity contribution in [1.82, 2.24) is 0 Å². The number of Topliss-reactive ketones (excluding diaryl/α,β-unsaturated/α-hetero) is 10. The van der Waals surface area contributed by atoms with Crippen LogP contribution < -0.4 is 9.47 Å². The minimum Gasteiger partial charge on any atom is -0.481 e. The lowest BCUT2D eigenvalue weighted by molar-refractivity contribution is -0.143. The van der Waals surface area contributed by atoms with Gasteiger partial charge in [-0.05, 0) is 149 Å². The molecular formula is C108H90Cl2O18S9. The second-order valence-corrected chi connectivity index (χ2v) is 44.6. The van der Waals surface area contributed by atoms with Crippen LogP contribution in [-0.4, -0.2) is 154 Å².